The summed E-state index contributed by atoms with van der Waals surface area (Å²) in [5.74, 6) is 0.103. The molecule has 0 spiro atoms. The third kappa shape index (κ3) is 2.49. The van der Waals surface area contributed by atoms with E-state index in [-0.39, 0.29) is 5.91 Å². The monoisotopic (exact) mass is 213 g/mol. The highest BCUT2D eigenvalue weighted by molar-refractivity contribution is 5.79. The minimum atomic E-state index is -0.448. The summed E-state index contributed by atoms with van der Waals surface area (Å²) < 4.78 is 5.08. The lowest BCUT2D eigenvalue weighted by molar-refractivity contribution is -0.128. The van der Waals surface area contributed by atoms with Gasteiger partial charge < -0.3 is 14.7 Å². The topological polar surface area (TPSA) is 49.8 Å². The number of amides is 1. The number of aliphatic hydroxyl groups is 1. The summed E-state index contributed by atoms with van der Waals surface area (Å²) in [5, 5.41) is 9.38. The van der Waals surface area contributed by atoms with E-state index in [0.717, 1.165) is 19.6 Å². The highest BCUT2D eigenvalue weighted by Crippen LogP contribution is 2.49. The van der Waals surface area contributed by atoms with Gasteiger partial charge in [0.15, 0.2) is 0 Å². The molecule has 1 aliphatic carbocycles. The van der Waals surface area contributed by atoms with Gasteiger partial charge in [-0.3, -0.25) is 4.79 Å². The first-order valence-corrected chi connectivity index (χ1v) is 5.60. The molecule has 1 N–H and O–H groups in total. The van der Waals surface area contributed by atoms with Crippen molar-refractivity contribution in [3.05, 3.63) is 0 Å². The molecule has 1 heterocycles. The number of rotatable bonds is 5. The van der Waals surface area contributed by atoms with Crippen LogP contribution in [0.1, 0.15) is 25.7 Å². The highest BCUT2D eigenvalue weighted by Gasteiger charge is 2.45. The Morgan fingerprint density at radius 3 is 2.80 bits per heavy atom. The molecule has 15 heavy (non-hydrogen) atoms. The Labute approximate surface area is 90.2 Å². The van der Waals surface area contributed by atoms with Crippen LogP contribution >= 0.6 is 0 Å². The van der Waals surface area contributed by atoms with E-state index in [1.165, 1.54) is 12.8 Å². The molecular formula is C11H19NO3. The smallest absolute Gasteiger partial charge is 0.225 e. The van der Waals surface area contributed by atoms with E-state index in [4.69, 9.17) is 4.74 Å². The molecular weight excluding hydrogens is 194 g/mol. The molecule has 0 radical (unpaired) electrons. The zero-order valence-corrected chi connectivity index (χ0v) is 9.24. The standard InChI is InChI=1S/C11H19NO3/c1-15-5-4-11(2-3-11)8-12-7-9(13)6-10(12)14/h9,13H,2-8H2,1H3. The molecule has 1 saturated heterocycles. The molecule has 4 heteroatoms. The normalized spacial score (nSPS) is 28.5. The third-order valence-corrected chi connectivity index (χ3v) is 3.51. The molecule has 0 aromatic heterocycles. The van der Waals surface area contributed by atoms with Crippen molar-refractivity contribution in [1.29, 1.82) is 0 Å². The van der Waals surface area contributed by atoms with E-state index in [2.05, 4.69) is 0 Å². The summed E-state index contributed by atoms with van der Waals surface area (Å²) in [6, 6.07) is 0. The van der Waals surface area contributed by atoms with Gasteiger partial charge in [-0.2, -0.15) is 0 Å². The molecule has 86 valence electrons. The molecule has 1 aliphatic heterocycles. The van der Waals surface area contributed by atoms with Gasteiger partial charge in [0.05, 0.1) is 12.5 Å². The maximum atomic E-state index is 11.5. The van der Waals surface area contributed by atoms with Crippen molar-refractivity contribution in [2.24, 2.45) is 5.41 Å². The van der Waals surface area contributed by atoms with Crippen molar-refractivity contribution in [3.63, 3.8) is 0 Å². The molecule has 4 nitrogen and oxygen atoms in total. The summed E-state index contributed by atoms with van der Waals surface area (Å²) in [6.07, 6.45) is 3.27. The fourth-order valence-electron chi connectivity index (χ4n) is 2.29. The number of β-amino-alcohol motifs (C(OH)–C–C–N with tert-alkyl or cyclic N) is 1. The second-order valence-corrected chi connectivity index (χ2v) is 4.88. The van der Waals surface area contributed by atoms with E-state index in [0.29, 0.717) is 18.4 Å². The van der Waals surface area contributed by atoms with Crippen LogP contribution in [0.5, 0.6) is 0 Å². The van der Waals surface area contributed by atoms with E-state index in [9.17, 15) is 9.90 Å². The van der Waals surface area contributed by atoms with Crippen LogP contribution in [0.2, 0.25) is 0 Å². The van der Waals surface area contributed by atoms with Crippen LogP contribution < -0.4 is 0 Å². The summed E-state index contributed by atoms with van der Waals surface area (Å²) in [6.45, 7) is 2.10. The molecule has 0 aromatic rings. The number of hydrogen-bond acceptors (Lipinski definition) is 3. The number of hydrogen-bond donors (Lipinski definition) is 1. The summed E-state index contributed by atoms with van der Waals surface area (Å²) in [4.78, 5) is 13.3. The Morgan fingerprint density at radius 2 is 2.33 bits per heavy atom. The molecule has 2 aliphatic rings. The Hall–Kier alpha value is -0.610. The van der Waals surface area contributed by atoms with E-state index >= 15 is 0 Å². The van der Waals surface area contributed by atoms with Crippen molar-refractivity contribution in [3.8, 4) is 0 Å². The number of carbonyl (C=O) groups is 1. The SMILES string of the molecule is COCCC1(CN2CC(O)CC2=O)CC1. The fraction of sp³-hybridized carbons (Fsp3) is 0.909. The lowest BCUT2D eigenvalue weighted by atomic mass is 10.0. The predicted octanol–water partition coefficient (Wildman–Crippen LogP) is 0.396. The zero-order valence-electron chi connectivity index (χ0n) is 9.24. The van der Waals surface area contributed by atoms with Crippen LogP contribution in [0.25, 0.3) is 0 Å². The van der Waals surface area contributed by atoms with Crippen LogP contribution in [0.15, 0.2) is 0 Å². The number of likely N-dealkylation sites (tertiary alicyclic amines) is 1. The van der Waals surface area contributed by atoms with Gasteiger partial charge in [0, 0.05) is 26.8 Å². The van der Waals surface area contributed by atoms with Crippen molar-refractivity contribution >= 4 is 5.91 Å². The zero-order chi connectivity index (χ0) is 10.9. The largest absolute Gasteiger partial charge is 0.391 e. The van der Waals surface area contributed by atoms with E-state index in [1.807, 2.05) is 4.90 Å². The number of nitrogens with zero attached hydrogens (tertiary/aromatic N) is 1. The van der Waals surface area contributed by atoms with Gasteiger partial charge in [0.2, 0.25) is 5.91 Å². The second kappa shape index (κ2) is 4.10. The van der Waals surface area contributed by atoms with Crippen molar-refractivity contribution in [2.45, 2.75) is 31.8 Å². The molecule has 2 rings (SSSR count). The van der Waals surface area contributed by atoms with Gasteiger partial charge in [0.25, 0.3) is 0 Å². The Morgan fingerprint density at radius 1 is 1.60 bits per heavy atom. The maximum Gasteiger partial charge on any atom is 0.225 e. The van der Waals surface area contributed by atoms with E-state index in [1.54, 1.807) is 7.11 Å². The summed E-state index contributed by atoms with van der Waals surface area (Å²) >= 11 is 0. The number of ether oxygens (including phenoxy) is 1. The van der Waals surface area contributed by atoms with Crippen molar-refractivity contribution in [2.75, 3.05) is 26.8 Å². The average molecular weight is 213 g/mol. The third-order valence-electron chi connectivity index (χ3n) is 3.51. The van der Waals surface area contributed by atoms with Gasteiger partial charge in [-0.15, -0.1) is 0 Å². The Balaban J connectivity index is 1.83. The summed E-state index contributed by atoms with van der Waals surface area (Å²) in [7, 11) is 1.71. The maximum absolute atomic E-state index is 11.5. The first-order chi connectivity index (χ1) is 7.15. The quantitative estimate of drug-likeness (QED) is 0.719. The van der Waals surface area contributed by atoms with Gasteiger partial charge in [0.1, 0.15) is 0 Å². The van der Waals surface area contributed by atoms with E-state index < -0.39 is 6.10 Å². The van der Waals surface area contributed by atoms with Gasteiger partial charge >= 0.3 is 0 Å². The number of carbonyl (C=O) groups excluding carboxylic acids is 1. The molecule has 2 fully saturated rings. The Kier molecular flexibility index (Phi) is 2.98. The van der Waals surface area contributed by atoms with Crippen LogP contribution in [-0.2, 0) is 9.53 Å². The highest BCUT2D eigenvalue weighted by atomic mass is 16.5. The number of aliphatic hydroxyl groups excluding tert-OH is 1. The predicted molar refractivity (Wildman–Crippen MR) is 55.4 cm³/mol. The van der Waals surface area contributed by atoms with Gasteiger partial charge in [-0.05, 0) is 24.7 Å². The van der Waals surface area contributed by atoms with Gasteiger partial charge in [-0.1, -0.05) is 0 Å². The average Bonchev–Trinajstić information content (AvgIpc) is 2.87. The second-order valence-electron chi connectivity index (χ2n) is 4.88. The van der Waals surface area contributed by atoms with Crippen molar-refractivity contribution in [1.82, 2.24) is 4.90 Å². The van der Waals surface area contributed by atoms with Gasteiger partial charge in [-0.25, -0.2) is 0 Å². The van der Waals surface area contributed by atoms with Crippen LogP contribution in [0, 0.1) is 5.41 Å². The summed E-state index contributed by atoms with van der Waals surface area (Å²) in [5.41, 5.74) is 0.301. The molecule has 1 atom stereocenters. The molecule has 0 bridgehead atoms. The lowest BCUT2D eigenvalue weighted by Crippen LogP contribution is -2.32. The first kappa shape index (κ1) is 10.9. The minimum absolute atomic E-state index is 0.103. The first-order valence-electron chi connectivity index (χ1n) is 5.60. The van der Waals surface area contributed by atoms with Crippen LogP contribution in [-0.4, -0.2) is 48.8 Å². The molecule has 0 aromatic carbocycles. The Bertz CT molecular complexity index is 250. The molecule has 1 unspecified atom stereocenters. The minimum Gasteiger partial charge on any atom is -0.391 e. The fourth-order valence-corrected chi connectivity index (χ4v) is 2.29. The molecule has 1 saturated carbocycles. The van der Waals surface area contributed by atoms with Crippen molar-refractivity contribution < 1.29 is 14.6 Å². The lowest BCUT2D eigenvalue weighted by Gasteiger charge is -2.23. The van der Waals surface area contributed by atoms with Crippen LogP contribution in [0.3, 0.4) is 0 Å². The van der Waals surface area contributed by atoms with Crippen LogP contribution in [0.4, 0.5) is 0 Å². The molecule has 1 amide bonds. The number of methoxy groups -OCH3 is 1.